The van der Waals surface area contributed by atoms with Crippen LogP contribution in [-0.2, 0) is 4.79 Å². The Hall–Kier alpha value is -4.37. The van der Waals surface area contributed by atoms with Crippen LogP contribution >= 0.6 is 11.6 Å². The number of aromatic amines is 1. The Morgan fingerprint density at radius 2 is 1.86 bits per heavy atom. The molecule has 4 aromatic rings. The van der Waals surface area contributed by atoms with E-state index in [1.807, 2.05) is 0 Å². The summed E-state index contributed by atoms with van der Waals surface area (Å²) >= 11 is 6.37. The Labute approximate surface area is 209 Å². The number of hydrogen-bond acceptors (Lipinski definition) is 5. The topological polar surface area (TPSA) is 105 Å². The van der Waals surface area contributed by atoms with Gasteiger partial charge in [-0.1, -0.05) is 11.6 Å². The number of aliphatic carboxylic acids is 1. The Morgan fingerprint density at radius 3 is 2.53 bits per heavy atom. The van der Waals surface area contributed by atoms with E-state index in [4.69, 9.17) is 21.1 Å². The summed E-state index contributed by atoms with van der Waals surface area (Å²) in [4.78, 5) is 26.3. The second kappa shape index (κ2) is 9.71. The van der Waals surface area contributed by atoms with Gasteiger partial charge in [0.15, 0.2) is 5.82 Å². The third kappa shape index (κ3) is 4.60. The van der Waals surface area contributed by atoms with E-state index in [-0.39, 0.29) is 17.5 Å². The minimum Gasteiger partial charge on any atom is -0.493 e. The van der Waals surface area contributed by atoms with E-state index in [1.54, 1.807) is 48.7 Å². The van der Waals surface area contributed by atoms with Gasteiger partial charge in [0.1, 0.15) is 23.1 Å². The van der Waals surface area contributed by atoms with E-state index in [1.165, 1.54) is 29.2 Å². The molecular formula is C26H19ClFN3O5. The number of carbonyl (C=O) groups excluding carboxylic acids is 1. The molecule has 0 spiro atoms. The highest BCUT2D eigenvalue weighted by Crippen LogP contribution is 2.42. The van der Waals surface area contributed by atoms with Crippen molar-refractivity contribution < 1.29 is 28.6 Å². The van der Waals surface area contributed by atoms with Crippen LogP contribution in [0.25, 0.3) is 0 Å². The maximum Gasteiger partial charge on any atom is 0.311 e. The molecule has 0 bridgehead atoms. The Bertz CT molecular complexity index is 1410. The number of aromatic nitrogens is 2. The van der Waals surface area contributed by atoms with Crippen LogP contribution in [-0.4, -0.2) is 33.8 Å². The Balaban J connectivity index is 1.39. The van der Waals surface area contributed by atoms with Crippen molar-refractivity contribution in [2.45, 2.75) is 12.3 Å². The zero-order chi connectivity index (χ0) is 25.2. The van der Waals surface area contributed by atoms with Crippen molar-refractivity contribution in [2.75, 3.05) is 11.5 Å². The van der Waals surface area contributed by atoms with Gasteiger partial charge in [0.2, 0.25) is 0 Å². The average Bonchev–Trinajstić information content (AvgIpc) is 3.40. The molecule has 1 atom stereocenters. The summed E-state index contributed by atoms with van der Waals surface area (Å²) in [6.45, 7) is 0.280. The molecule has 3 aromatic carbocycles. The number of nitrogens with one attached hydrogen (secondary N) is 1. The van der Waals surface area contributed by atoms with Gasteiger partial charge in [0.25, 0.3) is 5.91 Å². The molecule has 5 rings (SSSR count). The van der Waals surface area contributed by atoms with Crippen molar-refractivity contribution in [3.63, 3.8) is 0 Å². The molecular weight excluding hydrogens is 489 g/mol. The van der Waals surface area contributed by atoms with Gasteiger partial charge in [-0.05, 0) is 61.0 Å². The van der Waals surface area contributed by atoms with Crippen LogP contribution in [0.15, 0.2) is 72.9 Å². The molecule has 0 aliphatic carbocycles. The second-order valence-corrected chi connectivity index (χ2v) is 8.43. The van der Waals surface area contributed by atoms with Gasteiger partial charge in [-0.15, -0.1) is 0 Å². The van der Waals surface area contributed by atoms with E-state index in [0.29, 0.717) is 46.3 Å². The number of carboxylic acids is 1. The summed E-state index contributed by atoms with van der Waals surface area (Å²) in [7, 11) is 0. The molecule has 2 heterocycles. The highest BCUT2D eigenvalue weighted by molar-refractivity contribution is 6.32. The molecule has 0 saturated carbocycles. The number of fused-ring (bicyclic) bond motifs is 1. The Morgan fingerprint density at radius 1 is 1.11 bits per heavy atom. The normalized spacial score (nSPS) is 14.4. The minimum absolute atomic E-state index is 0.242. The summed E-state index contributed by atoms with van der Waals surface area (Å²) < 4.78 is 24.9. The smallest absolute Gasteiger partial charge is 0.311 e. The van der Waals surface area contributed by atoms with E-state index in [2.05, 4.69) is 10.2 Å². The van der Waals surface area contributed by atoms with Crippen LogP contribution in [0.1, 0.15) is 28.3 Å². The van der Waals surface area contributed by atoms with Gasteiger partial charge in [-0.25, -0.2) is 4.39 Å². The lowest BCUT2D eigenvalue weighted by Crippen LogP contribution is -2.26. The van der Waals surface area contributed by atoms with Crippen molar-refractivity contribution in [3.05, 3.63) is 94.9 Å². The number of nitrogens with zero attached hydrogens (tertiary/aromatic N) is 2. The summed E-state index contributed by atoms with van der Waals surface area (Å²) in [6.07, 6.45) is 1.95. The maximum absolute atomic E-state index is 13.4. The minimum atomic E-state index is -0.936. The quantitative estimate of drug-likeness (QED) is 0.335. The lowest BCUT2D eigenvalue weighted by molar-refractivity contribution is -0.139. The zero-order valence-electron chi connectivity index (χ0n) is 18.7. The lowest BCUT2D eigenvalue weighted by Gasteiger charge is -2.24. The monoisotopic (exact) mass is 507 g/mol. The van der Waals surface area contributed by atoms with Crippen LogP contribution in [0.4, 0.5) is 15.9 Å². The summed E-state index contributed by atoms with van der Waals surface area (Å²) in [5.74, 6) is -0.948. The number of halogens is 2. The second-order valence-electron chi connectivity index (χ2n) is 8.02. The number of amides is 1. The van der Waals surface area contributed by atoms with Gasteiger partial charge in [0, 0.05) is 29.5 Å². The predicted molar refractivity (Wildman–Crippen MR) is 130 cm³/mol. The molecule has 10 heteroatoms. The zero-order valence-corrected chi connectivity index (χ0v) is 19.4. The highest BCUT2D eigenvalue weighted by atomic mass is 35.5. The third-order valence-electron chi connectivity index (χ3n) is 5.73. The van der Waals surface area contributed by atoms with Crippen LogP contribution in [0, 0.1) is 5.82 Å². The number of benzene rings is 3. The molecule has 1 aromatic heterocycles. The van der Waals surface area contributed by atoms with E-state index in [0.717, 1.165) is 0 Å². The fourth-order valence-electron chi connectivity index (χ4n) is 3.97. The number of rotatable bonds is 6. The first-order valence-electron chi connectivity index (χ1n) is 11.0. The molecule has 0 fully saturated rings. The molecule has 1 aliphatic heterocycles. The van der Waals surface area contributed by atoms with Crippen LogP contribution in [0.5, 0.6) is 17.2 Å². The maximum atomic E-state index is 13.4. The molecule has 2 N–H and O–H groups in total. The SMILES string of the molecule is O=C(O)C1CCOc2cc(Oc3ccc(C(=O)N(c4ccc(F)cc4)c4cc[nH]n4)cc3)c(Cl)cc21. The molecule has 182 valence electrons. The standard InChI is InChI=1S/C26H19ClFN3O5/c27-21-13-20-19(26(33)34)10-12-35-22(20)14-23(21)36-18-7-1-15(2-8-18)25(32)31(24-9-11-29-30-24)17-5-3-16(28)4-6-17/h1-9,11,13-14,19H,10,12H2,(H,29,30)(H,33,34). The van der Waals surface area contributed by atoms with E-state index >= 15 is 0 Å². The van der Waals surface area contributed by atoms with Crippen molar-refractivity contribution in [3.8, 4) is 17.2 Å². The lowest BCUT2D eigenvalue weighted by atomic mass is 9.93. The van der Waals surface area contributed by atoms with Crippen LogP contribution < -0.4 is 14.4 Å². The summed E-state index contributed by atoms with van der Waals surface area (Å²) in [6, 6.07) is 16.7. The van der Waals surface area contributed by atoms with Crippen LogP contribution in [0.2, 0.25) is 5.02 Å². The number of carboxylic acid groups (broad SMARTS) is 1. The fraction of sp³-hybridized carbons (Fsp3) is 0.115. The summed E-state index contributed by atoms with van der Waals surface area (Å²) in [5, 5.41) is 16.5. The van der Waals surface area contributed by atoms with Gasteiger partial charge < -0.3 is 14.6 Å². The van der Waals surface area contributed by atoms with Crippen molar-refractivity contribution in [1.82, 2.24) is 10.2 Å². The summed E-state index contributed by atoms with van der Waals surface area (Å²) in [5.41, 5.74) is 1.31. The van der Waals surface area contributed by atoms with Crippen LogP contribution in [0.3, 0.4) is 0 Å². The molecule has 1 unspecified atom stereocenters. The van der Waals surface area contributed by atoms with Gasteiger partial charge in [0.05, 0.1) is 23.2 Å². The molecule has 8 nitrogen and oxygen atoms in total. The van der Waals surface area contributed by atoms with Crippen molar-refractivity contribution in [2.24, 2.45) is 0 Å². The molecule has 1 amide bonds. The van der Waals surface area contributed by atoms with E-state index in [9.17, 15) is 19.1 Å². The van der Waals surface area contributed by atoms with Crippen molar-refractivity contribution in [1.29, 1.82) is 0 Å². The molecule has 0 saturated heterocycles. The number of H-pyrrole nitrogens is 1. The Kier molecular flexibility index (Phi) is 6.30. The molecule has 1 aliphatic rings. The van der Waals surface area contributed by atoms with E-state index < -0.39 is 17.7 Å². The number of anilines is 2. The van der Waals surface area contributed by atoms with Gasteiger partial charge in [-0.3, -0.25) is 19.6 Å². The third-order valence-corrected chi connectivity index (χ3v) is 6.03. The predicted octanol–water partition coefficient (Wildman–Crippen LogP) is 5.92. The first kappa shape index (κ1) is 23.4. The van der Waals surface area contributed by atoms with Gasteiger partial charge >= 0.3 is 5.97 Å². The van der Waals surface area contributed by atoms with Gasteiger partial charge in [-0.2, -0.15) is 5.10 Å². The first-order valence-corrected chi connectivity index (χ1v) is 11.4. The number of carbonyl (C=O) groups is 2. The first-order chi connectivity index (χ1) is 17.4. The van der Waals surface area contributed by atoms with Crippen molar-refractivity contribution >= 4 is 35.0 Å². The number of hydrogen-bond donors (Lipinski definition) is 2. The fourth-order valence-corrected chi connectivity index (χ4v) is 4.18. The molecule has 36 heavy (non-hydrogen) atoms. The highest BCUT2D eigenvalue weighted by Gasteiger charge is 2.29. The number of ether oxygens (including phenoxy) is 2. The molecule has 0 radical (unpaired) electrons. The largest absolute Gasteiger partial charge is 0.493 e. The average molecular weight is 508 g/mol.